The van der Waals surface area contributed by atoms with Crippen LogP contribution in [0.2, 0.25) is 0 Å². The van der Waals surface area contributed by atoms with Gasteiger partial charge in [0.1, 0.15) is 4.90 Å². The molecule has 0 spiro atoms. The Morgan fingerprint density at radius 1 is 1.37 bits per heavy atom. The molecule has 5 nitrogen and oxygen atoms in total. The molecule has 2 rings (SSSR count). The first kappa shape index (κ1) is 14.3. The number of hydrogen-bond donors (Lipinski definition) is 2. The van der Waals surface area contributed by atoms with Crippen LogP contribution in [-0.2, 0) is 10.0 Å². The molecule has 1 aromatic carbocycles. The number of nitrogens with zero attached hydrogens (tertiary/aromatic N) is 1. The zero-order chi connectivity index (χ0) is 13.9. The Bertz CT molecular complexity index is 530. The van der Waals surface area contributed by atoms with Crippen LogP contribution < -0.4 is 10.0 Å². The summed E-state index contributed by atoms with van der Waals surface area (Å²) in [5, 5.41) is 3.09. The molecule has 1 aromatic rings. The molecule has 0 radical (unpaired) electrons. The number of hydrogen-bond acceptors (Lipinski definition) is 4. The molecule has 1 fully saturated rings. The zero-order valence-electron chi connectivity index (χ0n) is 11.4. The number of anilines is 1. The number of nitrogens with one attached hydrogen (secondary N) is 2. The van der Waals surface area contributed by atoms with Gasteiger partial charge < -0.3 is 10.2 Å². The summed E-state index contributed by atoms with van der Waals surface area (Å²) in [6, 6.07) is 7.01. The molecule has 19 heavy (non-hydrogen) atoms. The van der Waals surface area contributed by atoms with Gasteiger partial charge in [0.15, 0.2) is 0 Å². The summed E-state index contributed by atoms with van der Waals surface area (Å²) in [5.74, 6) is 0. The van der Waals surface area contributed by atoms with Gasteiger partial charge in [-0.3, -0.25) is 0 Å². The molecule has 6 heteroatoms. The molecule has 106 valence electrons. The van der Waals surface area contributed by atoms with Crippen LogP contribution in [0.5, 0.6) is 0 Å². The lowest BCUT2D eigenvalue weighted by Gasteiger charge is -2.16. The second kappa shape index (κ2) is 5.90. The lowest BCUT2D eigenvalue weighted by atomic mass is 10.3. The summed E-state index contributed by atoms with van der Waals surface area (Å²) in [6.07, 6.45) is 0.860. The third-order valence-electron chi connectivity index (χ3n) is 3.26. The van der Waals surface area contributed by atoms with Crippen LogP contribution in [0.1, 0.15) is 13.3 Å². The molecule has 1 unspecified atom stereocenters. The topological polar surface area (TPSA) is 61.4 Å². The fourth-order valence-electron chi connectivity index (χ4n) is 2.35. The van der Waals surface area contributed by atoms with Crippen molar-refractivity contribution in [3.05, 3.63) is 24.3 Å². The van der Waals surface area contributed by atoms with E-state index in [2.05, 4.69) is 14.9 Å². The summed E-state index contributed by atoms with van der Waals surface area (Å²) < 4.78 is 27.6. The first-order chi connectivity index (χ1) is 9.03. The molecule has 1 aliphatic heterocycles. The molecule has 0 bridgehead atoms. The van der Waals surface area contributed by atoms with Crippen LogP contribution in [0, 0.1) is 0 Å². The molecule has 0 amide bonds. The molecule has 0 saturated carbocycles. The van der Waals surface area contributed by atoms with E-state index in [0.29, 0.717) is 17.1 Å². The highest BCUT2D eigenvalue weighted by Crippen LogP contribution is 2.21. The highest BCUT2D eigenvalue weighted by molar-refractivity contribution is 7.89. The number of sulfonamides is 1. The minimum Gasteiger partial charge on any atom is -0.384 e. The maximum Gasteiger partial charge on any atom is 0.242 e. The highest BCUT2D eigenvalue weighted by Gasteiger charge is 2.26. The lowest BCUT2D eigenvalue weighted by molar-refractivity contribution is 0.407. The van der Waals surface area contributed by atoms with E-state index in [0.717, 1.165) is 19.5 Å². The average molecular weight is 283 g/mol. The molecule has 0 aromatic heterocycles. The van der Waals surface area contributed by atoms with Gasteiger partial charge in [0.2, 0.25) is 10.0 Å². The third kappa shape index (κ3) is 3.46. The van der Waals surface area contributed by atoms with Crippen LogP contribution in [0.25, 0.3) is 0 Å². The van der Waals surface area contributed by atoms with Crippen LogP contribution in [0.3, 0.4) is 0 Å². The SMILES string of the molecule is CCNc1ccccc1S(=O)(=O)NC1CCN(C)C1. The van der Waals surface area contributed by atoms with Crippen molar-refractivity contribution < 1.29 is 8.42 Å². The van der Waals surface area contributed by atoms with E-state index in [-0.39, 0.29) is 6.04 Å². The van der Waals surface area contributed by atoms with Gasteiger partial charge in [0, 0.05) is 19.1 Å². The molecule has 1 heterocycles. The molecule has 2 N–H and O–H groups in total. The van der Waals surface area contributed by atoms with Crippen molar-refractivity contribution in [1.29, 1.82) is 0 Å². The van der Waals surface area contributed by atoms with Gasteiger partial charge in [0.05, 0.1) is 5.69 Å². The second-order valence-corrected chi connectivity index (χ2v) is 6.58. The summed E-state index contributed by atoms with van der Waals surface area (Å²) >= 11 is 0. The van der Waals surface area contributed by atoms with Crippen molar-refractivity contribution in [3.63, 3.8) is 0 Å². The normalized spacial score (nSPS) is 20.6. The quantitative estimate of drug-likeness (QED) is 0.849. The summed E-state index contributed by atoms with van der Waals surface area (Å²) in [7, 11) is -1.46. The van der Waals surface area contributed by atoms with Crippen LogP contribution in [0.4, 0.5) is 5.69 Å². The molecule has 0 aliphatic carbocycles. The van der Waals surface area contributed by atoms with E-state index in [1.54, 1.807) is 18.2 Å². The minimum atomic E-state index is -3.46. The van der Waals surface area contributed by atoms with Crippen LogP contribution >= 0.6 is 0 Å². The van der Waals surface area contributed by atoms with E-state index in [9.17, 15) is 8.42 Å². The smallest absolute Gasteiger partial charge is 0.242 e. The molecule has 1 aliphatic rings. The number of para-hydroxylation sites is 1. The van der Waals surface area contributed by atoms with E-state index < -0.39 is 10.0 Å². The van der Waals surface area contributed by atoms with Gasteiger partial charge in [-0.15, -0.1) is 0 Å². The van der Waals surface area contributed by atoms with Gasteiger partial charge in [-0.05, 0) is 39.1 Å². The Morgan fingerprint density at radius 2 is 2.11 bits per heavy atom. The summed E-state index contributed by atoms with van der Waals surface area (Å²) in [5.41, 5.74) is 0.656. The Kier molecular flexibility index (Phi) is 4.44. The first-order valence-electron chi connectivity index (χ1n) is 6.56. The van der Waals surface area contributed by atoms with Gasteiger partial charge >= 0.3 is 0 Å². The molecule has 1 saturated heterocycles. The average Bonchev–Trinajstić information content (AvgIpc) is 2.75. The third-order valence-corrected chi connectivity index (χ3v) is 4.84. The lowest BCUT2D eigenvalue weighted by Crippen LogP contribution is -2.36. The highest BCUT2D eigenvalue weighted by atomic mass is 32.2. The standard InChI is InChI=1S/C13H21N3O2S/c1-3-14-12-6-4-5-7-13(12)19(17,18)15-11-8-9-16(2)10-11/h4-7,11,14-15H,3,8-10H2,1-2H3. The fourth-order valence-corrected chi connectivity index (χ4v) is 3.80. The Hall–Kier alpha value is -1.11. The second-order valence-electron chi connectivity index (χ2n) is 4.90. The fraction of sp³-hybridized carbons (Fsp3) is 0.538. The number of benzene rings is 1. The van der Waals surface area contributed by atoms with Crippen molar-refractivity contribution >= 4 is 15.7 Å². The number of rotatable bonds is 5. The minimum absolute atomic E-state index is 0.00434. The van der Waals surface area contributed by atoms with Gasteiger partial charge in [0.25, 0.3) is 0 Å². The largest absolute Gasteiger partial charge is 0.384 e. The molecule has 1 atom stereocenters. The van der Waals surface area contributed by atoms with E-state index in [1.807, 2.05) is 20.0 Å². The predicted octanol–water partition coefficient (Wildman–Crippen LogP) is 1.10. The van der Waals surface area contributed by atoms with Gasteiger partial charge in [-0.2, -0.15) is 0 Å². The predicted molar refractivity (Wildman–Crippen MR) is 76.8 cm³/mol. The van der Waals surface area contributed by atoms with Crippen LogP contribution in [0.15, 0.2) is 29.2 Å². The number of likely N-dealkylation sites (tertiary alicyclic amines) is 1. The first-order valence-corrected chi connectivity index (χ1v) is 8.05. The maximum atomic E-state index is 12.4. The maximum absolute atomic E-state index is 12.4. The van der Waals surface area contributed by atoms with Crippen LogP contribution in [-0.4, -0.2) is 46.0 Å². The van der Waals surface area contributed by atoms with Gasteiger partial charge in [-0.1, -0.05) is 12.1 Å². The summed E-state index contributed by atoms with van der Waals surface area (Å²) in [4.78, 5) is 2.45. The monoisotopic (exact) mass is 283 g/mol. The Morgan fingerprint density at radius 3 is 2.74 bits per heavy atom. The summed E-state index contributed by atoms with van der Waals surface area (Å²) in [6.45, 7) is 4.34. The van der Waals surface area contributed by atoms with E-state index in [4.69, 9.17) is 0 Å². The van der Waals surface area contributed by atoms with Crippen molar-refractivity contribution in [1.82, 2.24) is 9.62 Å². The van der Waals surface area contributed by atoms with Gasteiger partial charge in [-0.25, -0.2) is 13.1 Å². The molecular formula is C13H21N3O2S. The van der Waals surface area contributed by atoms with Crippen molar-refractivity contribution in [2.45, 2.75) is 24.3 Å². The van der Waals surface area contributed by atoms with E-state index >= 15 is 0 Å². The Labute approximate surface area is 115 Å². The van der Waals surface area contributed by atoms with Crippen molar-refractivity contribution in [2.24, 2.45) is 0 Å². The molecular weight excluding hydrogens is 262 g/mol. The number of likely N-dealkylation sites (N-methyl/N-ethyl adjacent to an activating group) is 1. The van der Waals surface area contributed by atoms with Crippen molar-refractivity contribution in [2.75, 3.05) is 32.0 Å². The van der Waals surface area contributed by atoms with Crippen molar-refractivity contribution in [3.8, 4) is 0 Å². The van der Waals surface area contributed by atoms with E-state index in [1.165, 1.54) is 0 Å². The zero-order valence-corrected chi connectivity index (χ0v) is 12.2. The Balaban J connectivity index is 2.19.